The Labute approximate surface area is 97.7 Å². The van der Waals surface area contributed by atoms with E-state index in [4.69, 9.17) is 13.9 Å². The fourth-order valence-corrected chi connectivity index (χ4v) is 1.21. The SMILES string of the molecule is CCC(C)OC(OC(C)CC)c1ccco1. The minimum absolute atomic E-state index is 0.166. The van der Waals surface area contributed by atoms with Crippen LogP contribution < -0.4 is 0 Å². The van der Waals surface area contributed by atoms with Crippen LogP contribution in [-0.2, 0) is 9.47 Å². The van der Waals surface area contributed by atoms with Crippen molar-refractivity contribution in [3.05, 3.63) is 24.2 Å². The minimum Gasteiger partial charge on any atom is -0.464 e. The number of furan rings is 1. The van der Waals surface area contributed by atoms with Crippen molar-refractivity contribution in [2.45, 2.75) is 59.0 Å². The van der Waals surface area contributed by atoms with Crippen LogP contribution in [-0.4, -0.2) is 12.2 Å². The molecular weight excluding hydrogens is 204 g/mol. The van der Waals surface area contributed by atoms with Gasteiger partial charge in [-0.25, -0.2) is 0 Å². The molecule has 2 unspecified atom stereocenters. The van der Waals surface area contributed by atoms with Gasteiger partial charge in [0.25, 0.3) is 0 Å². The van der Waals surface area contributed by atoms with Crippen LogP contribution in [0.2, 0.25) is 0 Å². The lowest BCUT2D eigenvalue weighted by Crippen LogP contribution is -2.19. The summed E-state index contributed by atoms with van der Waals surface area (Å²) in [6.45, 7) is 8.26. The van der Waals surface area contributed by atoms with E-state index in [1.165, 1.54) is 0 Å². The summed E-state index contributed by atoms with van der Waals surface area (Å²) in [6.07, 6.45) is 3.50. The molecule has 1 aromatic heterocycles. The van der Waals surface area contributed by atoms with Crippen molar-refractivity contribution < 1.29 is 13.9 Å². The van der Waals surface area contributed by atoms with Crippen LogP contribution in [0, 0.1) is 0 Å². The van der Waals surface area contributed by atoms with Gasteiger partial charge in [0.05, 0.1) is 18.5 Å². The molecule has 0 radical (unpaired) electrons. The largest absolute Gasteiger partial charge is 0.464 e. The lowest BCUT2D eigenvalue weighted by atomic mass is 10.3. The van der Waals surface area contributed by atoms with Gasteiger partial charge in [-0.05, 0) is 38.8 Å². The molecule has 1 aromatic rings. The Kier molecular flexibility index (Phi) is 5.56. The zero-order chi connectivity index (χ0) is 12.0. The molecule has 0 N–H and O–H groups in total. The molecule has 0 aliphatic rings. The van der Waals surface area contributed by atoms with Gasteiger partial charge in [0, 0.05) is 0 Å². The molecule has 0 aliphatic carbocycles. The first-order valence-electron chi connectivity index (χ1n) is 6.01. The zero-order valence-corrected chi connectivity index (χ0v) is 10.6. The van der Waals surface area contributed by atoms with Crippen LogP contribution in [0.5, 0.6) is 0 Å². The van der Waals surface area contributed by atoms with E-state index in [1.54, 1.807) is 6.26 Å². The molecule has 0 aliphatic heterocycles. The minimum atomic E-state index is -0.389. The summed E-state index contributed by atoms with van der Waals surface area (Å²) in [5.41, 5.74) is 0. The Balaban J connectivity index is 2.62. The Bertz CT molecular complexity index is 257. The maximum Gasteiger partial charge on any atom is 0.217 e. The number of hydrogen-bond donors (Lipinski definition) is 0. The first kappa shape index (κ1) is 13.3. The van der Waals surface area contributed by atoms with Gasteiger partial charge in [0.2, 0.25) is 6.29 Å². The highest BCUT2D eigenvalue weighted by Gasteiger charge is 2.20. The quantitative estimate of drug-likeness (QED) is 0.661. The van der Waals surface area contributed by atoms with Crippen LogP contribution in [0.4, 0.5) is 0 Å². The Hall–Kier alpha value is -0.800. The molecule has 1 heterocycles. The Morgan fingerprint density at radius 1 is 1.12 bits per heavy atom. The Morgan fingerprint density at radius 3 is 2.06 bits per heavy atom. The van der Waals surface area contributed by atoms with E-state index in [1.807, 2.05) is 26.0 Å². The predicted octanol–water partition coefficient (Wildman–Crippen LogP) is 3.91. The van der Waals surface area contributed by atoms with E-state index >= 15 is 0 Å². The molecule has 0 saturated heterocycles. The molecule has 0 bridgehead atoms. The van der Waals surface area contributed by atoms with Crippen LogP contribution in [0.15, 0.2) is 22.8 Å². The predicted molar refractivity (Wildman–Crippen MR) is 63.1 cm³/mol. The van der Waals surface area contributed by atoms with Crippen molar-refractivity contribution in [3.63, 3.8) is 0 Å². The molecule has 0 saturated carbocycles. The van der Waals surface area contributed by atoms with Gasteiger partial charge in [-0.3, -0.25) is 0 Å². The first-order chi connectivity index (χ1) is 7.67. The smallest absolute Gasteiger partial charge is 0.217 e. The number of ether oxygens (including phenoxy) is 2. The molecule has 1 rings (SSSR count). The van der Waals surface area contributed by atoms with Crippen molar-refractivity contribution in [2.75, 3.05) is 0 Å². The summed E-state index contributed by atoms with van der Waals surface area (Å²) in [4.78, 5) is 0. The monoisotopic (exact) mass is 226 g/mol. The summed E-state index contributed by atoms with van der Waals surface area (Å²) < 4.78 is 16.9. The van der Waals surface area contributed by atoms with Gasteiger partial charge in [-0.15, -0.1) is 0 Å². The number of hydrogen-bond acceptors (Lipinski definition) is 3. The van der Waals surface area contributed by atoms with E-state index in [0.717, 1.165) is 18.6 Å². The summed E-state index contributed by atoms with van der Waals surface area (Å²) in [5, 5.41) is 0. The fourth-order valence-electron chi connectivity index (χ4n) is 1.21. The first-order valence-corrected chi connectivity index (χ1v) is 6.01. The molecule has 0 fully saturated rings. The van der Waals surface area contributed by atoms with Gasteiger partial charge >= 0.3 is 0 Å². The lowest BCUT2D eigenvalue weighted by molar-refractivity contribution is -0.201. The van der Waals surface area contributed by atoms with Gasteiger partial charge in [-0.1, -0.05) is 13.8 Å². The molecule has 92 valence electrons. The fraction of sp³-hybridized carbons (Fsp3) is 0.692. The van der Waals surface area contributed by atoms with E-state index in [-0.39, 0.29) is 18.5 Å². The molecule has 16 heavy (non-hydrogen) atoms. The molecule has 3 heteroatoms. The maximum atomic E-state index is 5.80. The summed E-state index contributed by atoms with van der Waals surface area (Å²) in [7, 11) is 0. The van der Waals surface area contributed by atoms with E-state index < -0.39 is 0 Å². The van der Waals surface area contributed by atoms with Crippen molar-refractivity contribution in [3.8, 4) is 0 Å². The van der Waals surface area contributed by atoms with Crippen LogP contribution in [0.3, 0.4) is 0 Å². The molecule has 0 spiro atoms. The highest BCUT2D eigenvalue weighted by Crippen LogP contribution is 2.24. The maximum absolute atomic E-state index is 5.80. The third kappa shape index (κ3) is 3.99. The van der Waals surface area contributed by atoms with Crippen molar-refractivity contribution in [2.24, 2.45) is 0 Å². The number of rotatable bonds is 7. The second-order valence-electron chi connectivity index (χ2n) is 4.06. The van der Waals surface area contributed by atoms with Crippen LogP contribution in [0.25, 0.3) is 0 Å². The average molecular weight is 226 g/mol. The topological polar surface area (TPSA) is 31.6 Å². The van der Waals surface area contributed by atoms with Crippen molar-refractivity contribution in [1.29, 1.82) is 0 Å². The summed E-state index contributed by atoms with van der Waals surface area (Å²) in [5.74, 6) is 0.737. The Morgan fingerprint density at radius 2 is 1.69 bits per heavy atom. The third-order valence-corrected chi connectivity index (χ3v) is 2.64. The standard InChI is InChI=1S/C13H22O3/c1-5-10(3)15-13(16-11(4)6-2)12-8-7-9-14-12/h7-11,13H,5-6H2,1-4H3. The van der Waals surface area contributed by atoms with Crippen molar-refractivity contribution >= 4 is 0 Å². The summed E-state index contributed by atoms with van der Waals surface area (Å²) in [6, 6.07) is 3.73. The van der Waals surface area contributed by atoms with E-state index in [9.17, 15) is 0 Å². The second kappa shape index (κ2) is 6.71. The van der Waals surface area contributed by atoms with Crippen LogP contribution >= 0.6 is 0 Å². The van der Waals surface area contributed by atoms with E-state index in [2.05, 4.69) is 13.8 Å². The average Bonchev–Trinajstić information content (AvgIpc) is 2.81. The highest BCUT2D eigenvalue weighted by atomic mass is 16.7. The lowest BCUT2D eigenvalue weighted by Gasteiger charge is -2.23. The van der Waals surface area contributed by atoms with Gasteiger partial charge in [0.15, 0.2) is 5.76 Å². The summed E-state index contributed by atoms with van der Waals surface area (Å²) >= 11 is 0. The molecule has 0 aromatic carbocycles. The second-order valence-corrected chi connectivity index (χ2v) is 4.06. The van der Waals surface area contributed by atoms with Gasteiger partial charge < -0.3 is 13.9 Å². The zero-order valence-electron chi connectivity index (χ0n) is 10.6. The van der Waals surface area contributed by atoms with Crippen LogP contribution in [0.1, 0.15) is 52.6 Å². The molecule has 3 nitrogen and oxygen atoms in total. The van der Waals surface area contributed by atoms with Gasteiger partial charge in [0.1, 0.15) is 0 Å². The van der Waals surface area contributed by atoms with Crippen molar-refractivity contribution in [1.82, 2.24) is 0 Å². The molecular formula is C13H22O3. The normalized spacial score (nSPS) is 17.0. The molecule has 0 amide bonds. The van der Waals surface area contributed by atoms with E-state index in [0.29, 0.717) is 0 Å². The molecule has 2 atom stereocenters. The highest BCUT2D eigenvalue weighted by molar-refractivity contribution is 4.99. The third-order valence-electron chi connectivity index (χ3n) is 2.64. The van der Waals surface area contributed by atoms with Gasteiger partial charge in [-0.2, -0.15) is 0 Å².